The molecule has 0 aliphatic rings. The van der Waals surface area contributed by atoms with Crippen LogP contribution in [0.3, 0.4) is 0 Å². The minimum absolute atomic E-state index is 0.235. The van der Waals surface area contributed by atoms with E-state index in [-0.39, 0.29) is 5.56 Å². The highest BCUT2D eigenvalue weighted by atomic mass is 19.4. The third-order valence-electron chi connectivity index (χ3n) is 2.25. The van der Waals surface area contributed by atoms with Crippen molar-refractivity contribution in [2.75, 3.05) is 0 Å². The number of hydrogen-bond acceptors (Lipinski definition) is 2. The lowest BCUT2D eigenvalue weighted by atomic mass is 10.2. The fourth-order valence-electron chi connectivity index (χ4n) is 1.48. The zero-order valence-electron chi connectivity index (χ0n) is 8.65. The molecule has 0 spiro atoms. The molecule has 0 unspecified atom stereocenters. The van der Waals surface area contributed by atoms with Crippen molar-refractivity contribution in [1.82, 2.24) is 9.78 Å². The number of aromatic nitrogens is 2. The molecule has 1 aromatic heterocycles. The first-order chi connectivity index (χ1) is 8.02. The van der Waals surface area contributed by atoms with Gasteiger partial charge in [0, 0.05) is 11.8 Å². The monoisotopic (exact) mass is 242 g/mol. The molecule has 6 heteroatoms. The van der Waals surface area contributed by atoms with Gasteiger partial charge in [-0.15, -0.1) is 0 Å². The number of aliphatic hydroxyl groups is 1. The molecular weight excluding hydrogens is 233 g/mol. The number of rotatable bonds is 2. The normalized spacial score (nSPS) is 11.8. The summed E-state index contributed by atoms with van der Waals surface area (Å²) in [5.74, 6) is 0. The topological polar surface area (TPSA) is 38.0 Å². The van der Waals surface area contributed by atoms with Gasteiger partial charge in [-0.1, -0.05) is 18.2 Å². The second kappa shape index (κ2) is 4.21. The van der Waals surface area contributed by atoms with E-state index in [9.17, 15) is 13.2 Å². The van der Waals surface area contributed by atoms with Gasteiger partial charge in [-0.2, -0.15) is 18.3 Å². The summed E-state index contributed by atoms with van der Waals surface area (Å²) in [5, 5.41) is 12.3. The number of hydrogen-bond donors (Lipinski definition) is 1. The predicted molar refractivity (Wildman–Crippen MR) is 54.5 cm³/mol. The number of alkyl halides is 3. The molecule has 3 nitrogen and oxygen atoms in total. The lowest BCUT2D eigenvalue weighted by Gasteiger charge is -2.03. The molecule has 0 aliphatic heterocycles. The first-order valence-corrected chi connectivity index (χ1v) is 4.84. The van der Waals surface area contributed by atoms with Gasteiger partial charge in [0.25, 0.3) is 0 Å². The Bertz CT molecular complexity index is 505. The van der Waals surface area contributed by atoms with Crippen LogP contribution in [0.2, 0.25) is 0 Å². The average molecular weight is 242 g/mol. The van der Waals surface area contributed by atoms with Crippen molar-refractivity contribution in [2.24, 2.45) is 0 Å². The Morgan fingerprint density at radius 3 is 2.29 bits per heavy atom. The Kier molecular flexibility index (Phi) is 2.89. The van der Waals surface area contributed by atoms with E-state index in [0.29, 0.717) is 5.69 Å². The number of nitrogens with zero attached hydrogens (tertiary/aromatic N) is 2. The number of benzene rings is 1. The maximum atomic E-state index is 12.6. The van der Waals surface area contributed by atoms with Crippen LogP contribution in [0.1, 0.15) is 11.3 Å². The largest absolute Gasteiger partial charge is 0.435 e. The molecule has 0 amide bonds. The average Bonchev–Trinajstić information content (AvgIpc) is 2.74. The molecule has 1 N–H and O–H groups in total. The first-order valence-electron chi connectivity index (χ1n) is 4.84. The van der Waals surface area contributed by atoms with Crippen molar-refractivity contribution in [3.05, 3.63) is 47.8 Å². The van der Waals surface area contributed by atoms with E-state index in [1.54, 1.807) is 30.3 Å². The molecule has 1 heterocycles. The van der Waals surface area contributed by atoms with Gasteiger partial charge in [-0.3, -0.25) is 0 Å². The summed E-state index contributed by atoms with van der Waals surface area (Å²) in [7, 11) is 0. The van der Waals surface area contributed by atoms with Gasteiger partial charge in [-0.25, -0.2) is 4.68 Å². The Morgan fingerprint density at radius 2 is 1.82 bits per heavy atom. The molecule has 2 rings (SSSR count). The first kappa shape index (κ1) is 11.7. The second-order valence-electron chi connectivity index (χ2n) is 3.44. The zero-order valence-corrected chi connectivity index (χ0v) is 8.65. The van der Waals surface area contributed by atoms with Crippen LogP contribution in [-0.2, 0) is 12.8 Å². The van der Waals surface area contributed by atoms with Crippen LogP contribution in [0.15, 0.2) is 36.5 Å². The molecule has 17 heavy (non-hydrogen) atoms. The SMILES string of the molecule is OCc1cn(-c2ccccc2)nc1C(F)(F)F. The van der Waals surface area contributed by atoms with Gasteiger partial charge in [0.1, 0.15) is 0 Å². The van der Waals surface area contributed by atoms with Crippen LogP contribution in [0.5, 0.6) is 0 Å². The van der Waals surface area contributed by atoms with Crippen LogP contribution in [0.25, 0.3) is 5.69 Å². The zero-order chi connectivity index (χ0) is 12.5. The quantitative estimate of drug-likeness (QED) is 0.878. The van der Waals surface area contributed by atoms with E-state index in [4.69, 9.17) is 5.11 Å². The molecule has 0 bridgehead atoms. The maximum Gasteiger partial charge on any atom is 0.435 e. The Labute approximate surface area is 95.1 Å². The highest BCUT2D eigenvalue weighted by Gasteiger charge is 2.37. The molecule has 0 radical (unpaired) electrons. The van der Waals surface area contributed by atoms with E-state index in [1.165, 1.54) is 6.20 Å². The van der Waals surface area contributed by atoms with E-state index in [0.717, 1.165) is 4.68 Å². The molecule has 0 saturated heterocycles. The van der Waals surface area contributed by atoms with E-state index < -0.39 is 18.5 Å². The van der Waals surface area contributed by atoms with Crippen molar-refractivity contribution >= 4 is 0 Å². The highest BCUT2D eigenvalue weighted by Crippen LogP contribution is 2.31. The number of para-hydroxylation sites is 1. The number of aliphatic hydroxyl groups excluding tert-OH is 1. The fourth-order valence-corrected chi connectivity index (χ4v) is 1.48. The van der Waals surface area contributed by atoms with Crippen LogP contribution < -0.4 is 0 Å². The van der Waals surface area contributed by atoms with Gasteiger partial charge in [0.2, 0.25) is 0 Å². The van der Waals surface area contributed by atoms with Crippen molar-refractivity contribution in [1.29, 1.82) is 0 Å². The molecule has 90 valence electrons. The summed E-state index contributed by atoms with van der Waals surface area (Å²) in [4.78, 5) is 0. The van der Waals surface area contributed by atoms with Crippen LogP contribution in [0.4, 0.5) is 13.2 Å². The number of halogens is 3. The molecule has 0 fully saturated rings. The summed E-state index contributed by atoms with van der Waals surface area (Å²) in [6.45, 7) is -0.693. The minimum Gasteiger partial charge on any atom is -0.392 e. The van der Waals surface area contributed by atoms with Crippen LogP contribution in [-0.4, -0.2) is 14.9 Å². The fraction of sp³-hybridized carbons (Fsp3) is 0.182. The third kappa shape index (κ3) is 2.31. The van der Waals surface area contributed by atoms with Crippen LogP contribution in [0, 0.1) is 0 Å². The molecule has 0 saturated carbocycles. The summed E-state index contributed by atoms with van der Waals surface area (Å²) >= 11 is 0. The smallest absolute Gasteiger partial charge is 0.392 e. The Hall–Kier alpha value is -1.82. The Morgan fingerprint density at radius 1 is 1.18 bits per heavy atom. The molecule has 0 atom stereocenters. The minimum atomic E-state index is -4.56. The van der Waals surface area contributed by atoms with E-state index >= 15 is 0 Å². The Balaban J connectivity index is 2.49. The van der Waals surface area contributed by atoms with E-state index in [1.807, 2.05) is 0 Å². The van der Waals surface area contributed by atoms with Gasteiger partial charge in [-0.05, 0) is 12.1 Å². The van der Waals surface area contributed by atoms with Crippen molar-refractivity contribution in [3.8, 4) is 5.69 Å². The lowest BCUT2D eigenvalue weighted by molar-refractivity contribution is -0.142. The van der Waals surface area contributed by atoms with Gasteiger partial charge < -0.3 is 5.11 Å². The molecular formula is C11H9F3N2O. The van der Waals surface area contributed by atoms with Crippen molar-refractivity contribution in [2.45, 2.75) is 12.8 Å². The molecule has 0 aliphatic carbocycles. The van der Waals surface area contributed by atoms with Gasteiger partial charge in [0.05, 0.1) is 12.3 Å². The summed E-state index contributed by atoms with van der Waals surface area (Å²) in [6.07, 6.45) is -3.38. The van der Waals surface area contributed by atoms with Crippen LogP contribution >= 0.6 is 0 Å². The molecule has 2 aromatic rings. The molecule has 1 aromatic carbocycles. The summed E-state index contributed by atoms with van der Waals surface area (Å²) in [6, 6.07) is 8.42. The van der Waals surface area contributed by atoms with Crippen molar-refractivity contribution < 1.29 is 18.3 Å². The van der Waals surface area contributed by atoms with Gasteiger partial charge >= 0.3 is 6.18 Å². The second-order valence-corrected chi connectivity index (χ2v) is 3.44. The summed E-state index contributed by atoms with van der Waals surface area (Å²) in [5.41, 5.74) is -0.775. The third-order valence-corrected chi connectivity index (χ3v) is 2.25. The lowest BCUT2D eigenvalue weighted by Crippen LogP contribution is -2.09. The summed E-state index contributed by atoms with van der Waals surface area (Å²) < 4.78 is 38.8. The maximum absolute atomic E-state index is 12.6. The van der Waals surface area contributed by atoms with Gasteiger partial charge in [0.15, 0.2) is 5.69 Å². The standard InChI is InChI=1S/C11H9F3N2O/c12-11(13,14)10-8(7-17)6-16(15-10)9-4-2-1-3-5-9/h1-6,17H,7H2. The van der Waals surface area contributed by atoms with Crippen molar-refractivity contribution in [3.63, 3.8) is 0 Å². The highest BCUT2D eigenvalue weighted by molar-refractivity contribution is 5.33. The van der Waals surface area contributed by atoms with E-state index in [2.05, 4.69) is 5.10 Å². The predicted octanol–water partition coefficient (Wildman–Crippen LogP) is 2.38.